The smallest absolute Gasteiger partial charge is 0.0791 e. The zero-order valence-electron chi connectivity index (χ0n) is 10.4. The Balaban J connectivity index is 2.33. The summed E-state index contributed by atoms with van der Waals surface area (Å²) in [5, 5.41) is 13.0. The van der Waals surface area contributed by atoms with E-state index >= 15 is 0 Å². The summed E-state index contributed by atoms with van der Waals surface area (Å²) in [5.74, 6) is 0. The number of hydrogen-bond acceptors (Lipinski definition) is 3. The number of aliphatic hydroxyl groups is 1. The second kappa shape index (κ2) is 6.63. The van der Waals surface area contributed by atoms with Crippen LogP contribution in [0.15, 0.2) is 30.3 Å². The normalized spacial score (nSPS) is 15.1. The third kappa shape index (κ3) is 4.75. The van der Waals surface area contributed by atoms with Crippen molar-refractivity contribution in [2.24, 2.45) is 0 Å². The third-order valence-corrected chi connectivity index (χ3v) is 2.54. The molecule has 3 heteroatoms. The standard InChI is InChI=1S/C13H22N2O/c1-11(12-7-5-4-6-8-12)14-9-13(16)10-15(2)3/h4-8,11,13-14,16H,9-10H2,1-3H3/t11-,13?/m0/s1. The molecule has 0 fully saturated rings. The molecule has 1 aromatic carbocycles. The highest BCUT2D eigenvalue weighted by Crippen LogP contribution is 2.10. The molecular weight excluding hydrogens is 200 g/mol. The highest BCUT2D eigenvalue weighted by molar-refractivity contribution is 5.17. The van der Waals surface area contributed by atoms with Gasteiger partial charge in [0.05, 0.1) is 6.10 Å². The lowest BCUT2D eigenvalue weighted by Crippen LogP contribution is -2.36. The topological polar surface area (TPSA) is 35.5 Å². The Morgan fingerprint density at radius 2 is 1.88 bits per heavy atom. The van der Waals surface area contributed by atoms with Gasteiger partial charge in [0.25, 0.3) is 0 Å². The number of nitrogens with one attached hydrogen (secondary N) is 1. The van der Waals surface area contributed by atoms with Crippen LogP contribution in [0.5, 0.6) is 0 Å². The van der Waals surface area contributed by atoms with Gasteiger partial charge in [0.1, 0.15) is 0 Å². The molecule has 0 spiro atoms. The van der Waals surface area contributed by atoms with Crippen LogP contribution in [0, 0.1) is 0 Å². The van der Waals surface area contributed by atoms with E-state index in [1.807, 2.05) is 37.2 Å². The van der Waals surface area contributed by atoms with Gasteiger partial charge < -0.3 is 15.3 Å². The molecule has 1 rings (SSSR count). The lowest BCUT2D eigenvalue weighted by Gasteiger charge is -2.19. The molecule has 0 aliphatic heterocycles. The summed E-state index contributed by atoms with van der Waals surface area (Å²) in [7, 11) is 3.92. The van der Waals surface area contributed by atoms with Crippen molar-refractivity contribution < 1.29 is 5.11 Å². The second-order valence-corrected chi connectivity index (χ2v) is 4.46. The Morgan fingerprint density at radius 3 is 2.44 bits per heavy atom. The average Bonchev–Trinajstić information content (AvgIpc) is 2.26. The SMILES string of the molecule is C[C@H](NCC(O)CN(C)C)c1ccccc1. The summed E-state index contributed by atoms with van der Waals surface area (Å²) >= 11 is 0. The van der Waals surface area contributed by atoms with Crippen molar-refractivity contribution in [3.63, 3.8) is 0 Å². The zero-order valence-corrected chi connectivity index (χ0v) is 10.4. The molecule has 1 unspecified atom stereocenters. The van der Waals surface area contributed by atoms with Gasteiger partial charge in [-0.15, -0.1) is 0 Å². The van der Waals surface area contributed by atoms with Crippen molar-refractivity contribution in [3.8, 4) is 0 Å². The van der Waals surface area contributed by atoms with Crippen LogP contribution in [0.4, 0.5) is 0 Å². The minimum atomic E-state index is -0.318. The van der Waals surface area contributed by atoms with Crippen molar-refractivity contribution in [2.45, 2.75) is 19.1 Å². The summed E-state index contributed by atoms with van der Waals surface area (Å²) in [6.45, 7) is 3.42. The van der Waals surface area contributed by atoms with Crippen molar-refractivity contribution >= 4 is 0 Å². The van der Waals surface area contributed by atoms with Gasteiger partial charge in [-0.25, -0.2) is 0 Å². The van der Waals surface area contributed by atoms with Gasteiger partial charge in [-0.1, -0.05) is 30.3 Å². The average molecular weight is 222 g/mol. The molecule has 0 radical (unpaired) electrons. The first-order chi connectivity index (χ1) is 7.59. The van der Waals surface area contributed by atoms with E-state index in [1.165, 1.54) is 5.56 Å². The van der Waals surface area contributed by atoms with Gasteiger partial charge in [-0.2, -0.15) is 0 Å². The summed E-state index contributed by atoms with van der Waals surface area (Å²) < 4.78 is 0. The first-order valence-corrected chi connectivity index (χ1v) is 5.70. The van der Waals surface area contributed by atoms with Gasteiger partial charge in [0, 0.05) is 19.1 Å². The number of aliphatic hydroxyl groups excluding tert-OH is 1. The molecule has 0 saturated heterocycles. The molecule has 16 heavy (non-hydrogen) atoms. The molecule has 90 valence electrons. The fourth-order valence-corrected chi connectivity index (χ4v) is 1.66. The molecule has 0 aliphatic carbocycles. The Bertz CT molecular complexity index is 287. The number of rotatable bonds is 6. The molecule has 2 N–H and O–H groups in total. The van der Waals surface area contributed by atoms with Crippen LogP contribution in [0.3, 0.4) is 0 Å². The Kier molecular flexibility index (Phi) is 5.46. The van der Waals surface area contributed by atoms with Gasteiger partial charge in [-0.05, 0) is 26.6 Å². The summed E-state index contributed by atoms with van der Waals surface area (Å²) in [6, 6.07) is 10.5. The molecule has 0 amide bonds. The van der Waals surface area contributed by atoms with Crippen LogP contribution in [0.2, 0.25) is 0 Å². The van der Waals surface area contributed by atoms with Crippen LogP contribution < -0.4 is 5.32 Å². The fraction of sp³-hybridized carbons (Fsp3) is 0.538. The van der Waals surface area contributed by atoms with Crippen LogP contribution >= 0.6 is 0 Å². The first kappa shape index (κ1) is 13.2. The van der Waals surface area contributed by atoms with Crippen LogP contribution in [-0.2, 0) is 0 Å². The highest BCUT2D eigenvalue weighted by Gasteiger charge is 2.08. The molecule has 3 nitrogen and oxygen atoms in total. The Hall–Kier alpha value is -0.900. The van der Waals surface area contributed by atoms with Crippen molar-refractivity contribution in [3.05, 3.63) is 35.9 Å². The van der Waals surface area contributed by atoms with Crippen LogP contribution in [0.25, 0.3) is 0 Å². The zero-order chi connectivity index (χ0) is 12.0. The quantitative estimate of drug-likeness (QED) is 0.760. The molecule has 1 aromatic rings. The van der Waals surface area contributed by atoms with Crippen molar-refractivity contribution in [1.82, 2.24) is 10.2 Å². The summed E-state index contributed by atoms with van der Waals surface area (Å²) in [4.78, 5) is 1.99. The molecule has 0 saturated carbocycles. The number of hydrogen-bond donors (Lipinski definition) is 2. The molecular formula is C13H22N2O. The Morgan fingerprint density at radius 1 is 1.25 bits per heavy atom. The number of benzene rings is 1. The number of nitrogens with zero attached hydrogens (tertiary/aromatic N) is 1. The Labute approximate surface area is 98.1 Å². The van der Waals surface area contributed by atoms with E-state index < -0.39 is 0 Å². The first-order valence-electron chi connectivity index (χ1n) is 5.70. The van der Waals surface area contributed by atoms with E-state index in [-0.39, 0.29) is 12.1 Å². The predicted octanol–water partition coefficient (Wildman–Crippen LogP) is 1.26. The van der Waals surface area contributed by atoms with Gasteiger partial charge >= 0.3 is 0 Å². The maximum Gasteiger partial charge on any atom is 0.0791 e. The minimum absolute atomic E-state index is 0.276. The largest absolute Gasteiger partial charge is 0.390 e. The third-order valence-electron chi connectivity index (χ3n) is 2.54. The highest BCUT2D eigenvalue weighted by atomic mass is 16.3. The maximum absolute atomic E-state index is 9.71. The van der Waals surface area contributed by atoms with E-state index in [0.29, 0.717) is 13.1 Å². The minimum Gasteiger partial charge on any atom is -0.390 e. The van der Waals surface area contributed by atoms with E-state index in [1.54, 1.807) is 0 Å². The van der Waals surface area contributed by atoms with Gasteiger partial charge in [0.15, 0.2) is 0 Å². The van der Waals surface area contributed by atoms with E-state index in [2.05, 4.69) is 24.4 Å². The molecule has 0 heterocycles. The lowest BCUT2D eigenvalue weighted by molar-refractivity contribution is 0.132. The van der Waals surface area contributed by atoms with Gasteiger partial charge in [0.2, 0.25) is 0 Å². The van der Waals surface area contributed by atoms with Crippen molar-refractivity contribution in [2.75, 3.05) is 27.2 Å². The van der Waals surface area contributed by atoms with E-state index in [4.69, 9.17) is 0 Å². The molecule has 0 aliphatic rings. The van der Waals surface area contributed by atoms with Crippen LogP contribution in [-0.4, -0.2) is 43.3 Å². The summed E-state index contributed by atoms with van der Waals surface area (Å²) in [5.41, 5.74) is 1.25. The monoisotopic (exact) mass is 222 g/mol. The lowest BCUT2D eigenvalue weighted by atomic mass is 10.1. The predicted molar refractivity (Wildman–Crippen MR) is 67.4 cm³/mol. The summed E-state index contributed by atoms with van der Waals surface area (Å²) in [6.07, 6.45) is -0.318. The maximum atomic E-state index is 9.71. The number of likely N-dealkylation sites (N-methyl/N-ethyl adjacent to an activating group) is 1. The van der Waals surface area contributed by atoms with Gasteiger partial charge in [-0.3, -0.25) is 0 Å². The van der Waals surface area contributed by atoms with E-state index in [0.717, 1.165) is 0 Å². The molecule has 0 aromatic heterocycles. The molecule has 2 atom stereocenters. The molecule has 0 bridgehead atoms. The van der Waals surface area contributed by atoms with E-state index in [9.17, 15) is 5.11 Å². The van der Waals surface area contributed by atoms with Crippen LogP contribution in [0.1, 0.15) is 18.5 Å². The fourth-order valence-electron chi connectivity index (χ4n) is 1.66. The van der Waals surface area contributed by atoms with Crippen molar-refractivity contribution in [1.29, 1.82) is 0 Å². The second-order valence-electron chi connectivity index (χ2n) is 4.46.